The van der Waals surface area contributed by atoms with Crippen molar-refractivity contribution < 1.29 is 19.7 Å². The molecule has 0 bridgehead atoms. The molecule has 4 aromatic rings. The van der Waals surface area contributed by atoms with Gasteiger partial charge in [0.25, 0.3) is 5.91 Å². The minimum atomic E-state index is -0.275. The molecule has 4 rings (SSSR count). The van der Waals surface area contributed by atoms with Gasteiger partial charge in [-0.1, -0.05) is 48.5 Å². The van der Waals surface area contributed by atoms with Crippen molar-refractivity contribution in [1.29, 1.82) is 0 Å². The minimum absolute atomic E-state index is 0.169. The summed E-state index contributed by atoms with van der Waals surface area (Å²) in [5, 5.41) is 22.5. The molecule has 0 aromatic heterocycles. The maximum atomic E-state index is 13.3. The van der Waals surface area contributed by atoms with Crippen LogP contribution in [0.1, 0.15) is 33.0 Å². The Labute approximate surface area is 186 Å². The number of phenolic OH excluding ortho intramolecular Hbond substituents is 2. The number of hydrogen-bond donors (Lipinski definition) is 3. The van der Waals surface area contributed by atoms with Gasteiger partial charge >= 0.3 is 0 Å². The second-order valence-corrected chi connectivity index (χ2v) is 7.39. The van der Waals surface area contributed by atoms with Crippen molar-refractivity contribution in [3.63, 3.8) is 0 Å². The number of nitrogens with one attached hydrogen (secondary N) is 1. The smallest absolute Gasteiger partial charge is 0.255 e. The van der Waals surface area contributed by atoms with Gasteiger partial charge in [-0.2, -0.15) is 0 Å². The molecule has 0 aliphatic rings. The van der Waals surface area contributed by atoms with E-state index in [9.17, 15) is 15.0 Å². The normalized spacial score (nSPS) is 10.7. The van der Waals surface area contributed by atoms with E-state index < -0.39 is 0 Å². The lowest BCUT2D eigenvalue weighted by atomic mass is 9.82. The molecule has 0 saturated carbocycles. The van der Waals surface area contributed by atoms with Gasteiger partial charge in [-0.15, -0.1) is 0 Å². The van der Waals surface area contributed by atoms with Crippen LogP contribution in [0.5, 0.6) is 17.2 Å². The number of carbonyl (C=O) groups excluding carboxylic acids is 1. The number of rotatable bonds is 6. The Morgan fingerprint density at radius 3 is 1.97 bits per heavy atom. The van der Waals surface area contributed by atoms with E-state index in [2.05, 4.69) is 5.32 Å². The Kier molecular flexibility index (Phi) is 6.08. The molecular weight excluding hydrogens is 402 g/mol. The highest BCUT2D eigenvalue weighted by Gasteiger charge is 2.23. The molecule has 32 heavy (non-hydrogen) atoms. The minimum Gasteiger partial charge on any atom is -0.508 e. The SMILES string of the molecule is COc1cccc(NC(=O)c2ccccc2C(c2ccc(O)cc2)c2ccc(O)cc2)c1. The summed E-state index contributed by atoms with van der Waals surface area (Å²) >= 11 is 0. The molecule has 0 unspecified atom stereocenters. The van der Waals surface area contributed by atoms with E-state index in [0.717, 1.165) is 16.7 Å². The fraction of sp³-hybridized carbons (Fsp3) is 0.0741. The number of hydrogen-bond acceptors (Lipinski definition) is 4. The number of carbonyl (C=O) groups is 1. The summed E-state index contributed by atoms with van der Waals surface area (Å²) < 4.78 is 5.25. The van der Waals surface area contributed by atoms with Gasteiger partial charge in [0, 0.05) is 23.2 Å². The van der Waals surface area contributed by atoms with Crippen molar-refractivity contribution in [2.75, 3.05) is 12.4 Å². The average molecular weight is 425 g/mol. The number of amides is 1. The molecule has 0 saturated heterocycles. The molecule has 4 aromatic carbocycles. The third-order valence-electron chi connectivity index (χ3n) is 5.30. The van der Waals surface area contributed by atoms with Crippen LogP contribution in [-0.2, 0) is 0 Å². The first-order chi connectivity index (χ1) is 15.5. The zero-order chi connectivity index (χ0) is 22.5. The predicted octanol–water partition coefficient (Wildman–Crippen LogP) is 5.54. The van der Waals surface area contributed by atoms with Crippen LogP contribution in [0.3, 0.4) is 0 Å². The quantitative estimate of drug-likeness (QED) is 0.355. The van der Waals surface area contributed by atoms with Crippen LogP contribution in [0.2, 0.25) is 0 Å². The molecule has 0 radical (unpaired) electrons. The highest BCUT2D eigenvalue weighted by molar-refractivity contribution is 6.05. The van der Waals surface area contributed by atoms with E-state index in [0.29, 0.717) is 17.0 Å². The fourth-order valence-electron chi connectivity index (χ4n) is 3.74. The average Bonchev–Trinajstić information content (AvgIpc) is 2.82. The maximum absolute atomic E-state index is 13.3. The lowest BCUT2D eigenvalue weighted by molar-refractivity contribution is 0.102. The zero-order valence-electron chi connectivity index (χ0n) is 17.5. The Morgan fingerprint density at radius 2 is 1.38 bits per heavy atom. The van der Waals surface area contributed by atoms with Gasteiger partial charge in [-0.25, -0.2) is 0 Å². The third kappa shape index (κ3) is 4.57. The van der Waals surface area contributed by atoms with E-state index in [1.54, 1.807) is 49.6 Å². The van der Waals surface area contributed by atoms with E-state index in [4.69, 9.17) is 4.74 Å². The molecule has 0 spiro atoms. The first kappa shape index (κ1) is 21.0. The summed E-state index contributed by atoms with van der Waals surface area (Å²) in [5.74, 6) is 0.478. The van der Waals surface area contributed by atoms with Crippen molar-refractivity contribution in [2.45, 2.75) is 5.92 Å². The van der Waals surface area contributed by atoms with Crippen LogP contribution >= 0.6 is 0 Å². The standard InChI is InChI=1S/C27H23NO4/c1-32-23-6-4-5-20(17-23)28-27(31)25-8-3-2-7-24(25)26(18-9-13-21(29)14-10-18)19-11-15-22(30)16-12-19/h2-17,26,29-30H,1H3,(H,28,31). The molecule has 0 atom stereocenters. The Hall–Kier alpha value is -4.25. The molecule has 0 aliphatic carbocycles. The fourth-order valence-corrected chi connectivity index (χ4v) is 3.74. The molecule has 5 heteroatoms. The third-order valence-corrected chi connectivity index (χ3v) is 5.30. The van der Waals surface area contributed by atoms with E-state index in [1.807, 2.05) is 54.6 Å². The van der Waals surface area contributed by atoms with Gasteiger partial charge in [0.05, 0.1) is 7.11 Å². The summed E-state index contributed by atoms with van der Waals surface area (Å²) in [5.41, 5.74) is 3.80. The highest BCUT2D eigenvalue weighted by Crippen LogP contribution is 2.35. The number of methoxy groups -OCH3 is 1. The number of ether oxygens (including phenoxy) is 1. The molecule has 160 valence electrons. The predicted molar refractivity (Wildman–Crippen MR) is 125 cm³/mol. The first-order valence-corrected chi connectivity index (χ1v) is 10.2. The number of anilines is 1. The van der Waals surface area contributed by atoms with Gasteiger partial charge in [-0.05, 0) is 59.2 Å². The Bertz CT molecular complexity index is 1170. The summed E-state index contributed by atoms with van der Waals surface area (Å²) in [4.78, 5) is 13.3. The van der Waals surface area contributed by atoms with Gasteiger partial charge in [0.15, 0.2) is 0 Å². The second kappa shape index (κ2) is 9.27. The van der Waals surface area contributed by atoms with Crippen molar-refractivity contribution in [3.05, 3.63) is 119 Å². The van der Waals surface area contributed by atoms with Crippen LogP contribution in [0, 0.1) is 0 Å². The van der Waals surface area contributed by atoms with E-state index in [-0.39, 0.29) is 23.3 Å². The zero-order valence-corrected chi connectivity index (χ0v) is 17.5. The van der Waals surface area contributed by atoms with Crippen LogP contribution < -0.4 is 10.1 Å². The number of phenols is 2. The van der Waals surface area contributed by atoms with Gasteiger partial charge in [0.2, 0.25) is 0 Å². The van der Waals surface area contributed by atoms with E-state index >= 15 is 0 Å². The lowest BCUT2D eigenvalue weighted by Gasteiger charge is -2.22. The van der Waals surface area contributed by atoms with Gasteiger partial charge < -0.3 is 20.3 Å². The lowest BCUT2D eigenvalue weighted by Crippen LogP contribution is -2.17. The maximum Gasteiger partial charge on any atom is 0.255 e. The monoisotopic (exact) mass is 425 g/mol. The summed E-state index contributed by atoms with van der Waals surface area (Å²) in [6.07, 6.45) is 0. The molecule has 1 amide bonds. The molecule has 0 fully saturated rings. The van der Waals surface area contributed by atoms with Crippen LogP contribution in [-0.4, -0.2) is 23.2 Å². The molecule has 0 heterocycles. The van der Waals surface area contributed by atoms with Crippen LogP contribution in [0.15, 0.2) is 97.1 Å². The molecule has 0 aliphatic heterocycles. The largest absolute Gasteiger partial charge is 0.508 e. The Morgan fingerprint density at radius 1 is 0.781 bits per heavy atom. The first-order valence-electron chi connectivity index (χ1n) is 10.2. The number of benzene rings is 4. The van der Waals surface area contributed by atoms with E-state index in [1.165, 1.54) is 0 Å². The number of aromatic hydroxyl groups is 2. The topological polar surface area (TPSA) is 78.8 Å². The summed E-state index contributed by atoms with van der Waals surface area (Å²) in [6, 6.07) is 28.5. The van der Waals surface area contributed by atoms with Crippen molar-refractivity contribution in [3.8, 4) is 17.2 Å². The van der Waals surface area contributed by atoms with Crippen molar-refractivity contribution >= 4 is 11.6 Å². The Balaban J connectivity index is 1.77. The van der Waals surface area contributed by atoms with Gasteiger partial charge in [0.1, 0.15) is 17.2 Å². The highest BCUT2D eigenvalue weighted by atomic mass is 16.5. The summed E-state index contributed by atoms with van der Waals surface area (Å²) in [6.45, 7) is 0. The molecule has 3 N–H and O–H groups in total. The van der Waals surface area contributed by atoms with Crippen molar-refractivity contribution in [1.82, 2.24) is 0 Å². The van der Waals surface area contributed by atoms with Crippen LogP contribution in [0.25, 0.3) is 0 Å². The summed E-state index contributed by atoms with van der Waals surface area (Å²) in [7, 11) is 1.58. The van der Waals surface area contributed by atoms with Crippen LogP contribution in [0.4, 0.5) is 5.69 Å². The molecular formula is C27H23NO4. The van der Waals surface area contributed by atoms with Gasteiger partial charge in [-0.3, -0.25) is 4.79 Å². The van der Waals surface area contributed by atoms with Crippen molar-refractivity contribution in [2.24, 2.45) is 0 Å². The second-order valence-electron chi connectivity index (χ2n) is 7.39. The molecule has 5 nitrogen and oxygen atoms in total.